The number of hydrogen-bond donors (Lipinski definition) is 0. The first-order valence-corrected chi connectivity index (χ1v) is 14.4. The van der Waals surface area contributed by atoms with Gasteiger partial charge in [0.15, 0.2) is 0 Å². The zero-order valence-corrected chi connectivity index (χ0v) is 22.8. The van der Waals surface area contributed by atoms with Gasteiger partial charge in [0.05, 0.1) is 10.1 Å². The van der Waals surface area contributed by atoms with E-state index in [4.69, 9.17) is 23.2 Å². The van der Waals surface area contributed by atoms with E-state index >= 15 is 0 Å². The summed E-state index contributed by atoms with van der Waals surface area (Å²) < 4.78 is 0. The zero-order valence-electron chi connectivity index (χ0n) is 17.1. The van der Waals surface area contributed by atoms with E-state index in [0.717, 1.165) is 11.1 Å². The molecule has 0 aromatic heterocycles. The Hall–Kier alpha value is 0.243. The van der Waals surface area contributed by atoms with E-state index in [1.165, 1.54) is 0 Å². The number of halogens is 2. The van der Waals surface area contributed by atoms with Gasteiger partial charge in [-0.25, -0.2) is 0 Å². The quantitative estimate of drug-likeness (QED) is 0.283. The Bertz CT molecular complexity index is 643. The van der Waals surface area contributed by atoms with Crippen LogP contribution in [0.5, 0.6) is 0 Å². The van der Waals surface area contributed by atoms with Crippen molar-refractivity contribution >= 4 is 50.2 Å². The topological polar surface area (TPSA) is 0 Å². The Labute approximate surface area is 198 Å². The maximum absolute atomic E-state index is 6.22. The van der Waals surface area contributed by atoms with Crippen LogP contribution in [-0.2, 0) is 26.2 Å². The van der Waals surface area contributed by atoms with Crippen LogP contribution in [0.1, 0.15) is 11.1 Å². The largest absolute Gasteiger partial charge is 0.116 e. The second-order valence-electron chi connectivity index (χ2n) is 6.46. The van der Waals surface area contributed by atoms with Crippen molar-refractivity contribution in [1.29, 1.82) is 0 Å². The number of benzene rings is 2. The van der Waals surface area contributed by atoms with E-state index in [1.54, 1.807) is 0 Å². The van der Waals surface area contributed by atoms with Gasteiger partial charge in [-0.3, -0.25) is 0 Å². The number of rotatable bonds is 3. The third-order valence-corrected chi connectivity index (χ3v) is 3.29. The Morgan fingerprint density at radius 2 is 1.07 bits per heavy atom. The molecular weight excluding hydrogens is 488 g/mol. The second kappa shape index (κ2) is 18.3. The van der Waals surface area contributed by atoms with E-state index in [9.17, 15) is 0 Å². The summed E-state index contributed by atoms with van der Waals surface area (Å²) in [6.07, 6.45) is 3.75. The van der Waals surface area contributed by atoms with Gasteiger partial charge in [-0.05, 0) is 57.2 Å². The summed E-state index contributed by atoms with van der Waals surface area (Å²) in [6.45, 7) is 13.4. The smallest absolute Gasteiger partial charge is 0.0664 e. The van der Waals surface area contributed by atoms with Crippen molar-refractivity contribution in [3.05, 3.63) is 82.9 Å². The fourth-order valence-electron chi connectivity index (χ4n) is 1.53. The van der Waals surface area contributed by atoms with Gasteiger partial charge in [0.1, 0.15) is 0 Å². The van der Waals surface area contributed by atoms with Crippen LogP contribution in [0.4, 0.5) is 0 Å². The first-order valence-electron chi connectivity index (χ1n) is 8.29. The molecule has 2 aromatic rings. The molecule has 0 aliphatic heterocycles. The van der Waals surface area contributed by atoms with Crippen molar-refractivity contribution < 1.29 is 26.2 Å². The fourth-order valence-corrected chi connectivity index (χ4v) is 1.89. The molecule has 2 rings (SSSR count). The molecule has 0 bridgehead atoms. The molecule has 27 heavy (non-hydrogen) atoms. The Morgan fingerprint density at radius 3 is 1.48 bits per heavy atom. The molecule has 0 fully saturated rings. The molecule has 0 saturated carbocycles. The van der Waals surface area contributed by atoms with Crippen LogP contribution in [0.25, 0.3) is 11.1 Å². The molecular formula is C22H30Cl2P2Zr. The number of allylic oxidation sites excluding steroid dienone is 2. The standard InChI is InChI=1S/C16H12Cl2.2C3H9P.Zr/c17-15(12-11-13-7-3-1-4-8-13)16(18)14-9-5-2-6-10-14;2*1-4(2)3;/h1-12H;2*1-3H3;. The molecule has 0 radical (unpaired) electrons. The monoisotopic (exact) mass is 516 g/mol. The van der Waals surface area contributed by atoms with Crippen LogP contribution in [0.3, 0.4) is 0 Å². The molecule has 146 valence electrons. The zero-order chi connectivity index (χ0) is 19.9. The molecule has 0 unspecified atom stereocenters. The van der Waals surface area contributed by atoms with Gasteiger partial charge < -0.3 is 0 Å². The molecule has 0 N–H and O–H groups in total. The van der Waals surface area contributed by atoms with Crippen molar-refractivity contribution in [1.82, 2.24) is 0 Å². The molecule has 0 amide bonds. The van der Waals surface area contributed by atoms with E-state index in [1.807, 2.05) is 72.8 Å². The van der Waals surface area contributed by atoms with Crippen LogP contribution < -0.4 is 0 Å². The minimum atomic E-state index is 0. The molecule has 0 nitrogen and oxygen atoms in total. The van der Waals surface area contributed by atoms with Crippen LogP contribution in [0.2, 0.25) is 0 Å². The SMILES string of the molecule is CP(C)C.CP(C)C.ClC(C=Cc1ccccc1)=C(Cl)c1ccccc1.[Zr]. The average Bonchev–Trinajstić information content (AvgIpc) is 2.60. The molecule has 5 heteroatoms. The Kier molecular flexibility index (Phi) is 19.9. The predicted octanol–water partition coefficient (Wildman–Crippen LogP) is 8.26. The van der Waals surface area contributed by atoms with E-state index in [2.05, 4.69) is 40.0 Å². The van der Waals surface area contributed by atoms with Crippen LogP contribution in [-0.4, -0.2) is 40.0 Å². The van der Waals surface area contributed by atoms with Gasteiger partial charge in [-0.15, -0.1) is 15.8 Å². The van der Waals surface area contributed by atoms with Crippen molar-refractivity contribution in [3.63, 3.8) is 0 Å². The van der Waals surface area contributed by atoms with Gasteiger partial charge in [-0.1, -0.05) is 89.9 Å². The summed E-state index contributed by atoms with van der Waals surface area (Å²) >= 11 is 12.4. The van der Waals surface area contributed by atoms with E-state index in [0.29, 0.717) is 25.9 Å². The molecule has 0 atom stereocenters. The maximum Gasteiger partial charge on any atom is 0.0664 e. The van der Waals surface area contributed by atoms with Gasteiger partial charge in [0.2, 0.25) is 0 Å². The van der Waals surface area contributed by atoms with Gasteiger partial charge >= 0.3 is 0 Å². The fraction of sp³-hybridized carbons (Fsp3) is 0.273. The second-order valence-corrected chi connectivity index (χ2v) is 12.6. The molecule has 0 aliphatic carbocycles. The Morgan fingerprint density at radius 1 is 0.704 bits per heavy atom. The summed E-state index contributed by atoms with van der Waals surface area (Å²) in [5, 5.41) is 1.09. The minimum absolute atomic E-state index is 0. The molecule has 0 heterocycles. The summed E-state index contributed by atoms with van der Waals surface area (Å²) in [5.41, 5.74) is 2.01. The van der Waals surface area contributed by atoms with Crippen molar-refractivity contribution in [2.75, 3.05) is 40.0 Å². The predicted molar refractivity (Wildman–Crippen MR) is 130 cm³/mol. The molecule has 2 aromatic carbocycles. The molecule has 0 saturated heterocycles. The maximum atomic E-state index is 6.22. The number of hydrogen-bond acceptors (Lipinski definition) is 0. The van der Waals surface area contributed by atoms with Gasteiger partial charge in [0.25, 0.3) is 0 Å². The molecule has 0 aliphatic rings. The summed E-state index contributed by atoms with van der Waals surface area (Å²) in [5.74, 6) is 0. The summed E-state index contributed by atoms with van der Waals surface area (Å²) in [7, 11) is 0.759. The van der Waals surface area contributed by atoms with Crippen molar-refractivity contribution in [2.24, 2.45) is 0 Å². The first kappa shape index (κ1) is 29.4. The summed E-state index contributed by atoms with van der Waals surface area (Å²) in [4.78, 5) is 0. The van der Waals surface area contributed by atoms with Crippen LogP contribution in [0.15, 0.2) is 71.8 Å². The summed E-state index contributed by atoms with van der Waals surface area (Å²) in [6, 6.07) is 19.6. The van der Waals surface area contributed by atoms with Crippen molar-refractivity contribution in [3.8, 4) is 0 Å². The Balaban J connectivity index is 0. The van der Waals surface area contributed by atoms with E-state index < -0.39 is 0 Å². The average molecular weight is 519 g/mol. The first-order chi connectivity index (χ1) is 12.2. The normalized spacial score (nSPS) is 11.0. The van der Waals surface area contributed by atoms with Gasteiger partial charge in [-0.2, -0.15) is 0 Å². The third-order valence-electron chi connectivity index (χ3n) is 2.46. The van der Waals surface area contributed by atoms with Gasteiger partial charge in [0, 0.05) is 26.2 Å². The van der Waals surface area contributed by atoms with E-state index in [-0.39, 0.29) is 26.2 Å². The van der Waals surface area contributed by atoms with Crippen LogP contribution in [0, 0.1) is 0 Å². The van der Waals surface area contributed by atoms with Crippen molar-refractivity contribution in [2.45, 2.75) is 0 Å². The third kappa shape index (κ3) is 18.0. The molecule has 0 spiro atoms. The minimum Gasteiger partial charge on any atom is -0.116 e. The van der Waals surface area contributed by atoms with Crippen LogP contribution >= 0.6 is 39.0 Å².